The summed E-state index contributed by atoms with van der Waals surface area (Å²) in [5, 5.41) is 3.87. The molecule has 2 heterocycles. The fourth-order valence-corrected chi connectivity index (χ4v) is 1.64. The van der Waals surface area contributed by atoms with Gasteiger partial charge >= 0.3 is 0 Å². The van der Waals surface area contributed by atoms with Gasteiger partial charge in [-0.05, 0) is 7.05 Å². The Labute approximate surface area is 83.4 Å². The maximum atomic E-state index is 5.45. The van der Waals surface area contributed by atoms with Crippen molar-refractivity contribution < 1.29 is 4.52 Å². The number of aromatic nitrogens is 1. The molecule has 0 amide bonds. The van der Waals surface area contributed by atoms with Crippen LogP contribution in [0.3, 0.4) is 0 Å². The van der Waals surface area contributed by atoms with Crippen molar-refractivity contribution in [2.24, 2.45) is 0 Å². The molecule has 0 aromatic carbocycles. The number of rotatable bonds is 2. The Hall–Kier alpha value is -1.07. The molecule has 1 aliphatic rings. The molecule has 0 aliphatic carbocycles. The second-order valence-electron chi connectivity index (χ2n) is 3.80. The Morgan fingerprint density at radius 2 is 2.14 bits per heavy atom. The van der Waals surface area contributed by atoms with Gasteiger partial charge in [-0.25, -0.2) is 0 Å². The third kappa shape index (κ3) is 2.24. The molecule has 1 aliphatic heterocycles. The summed E-state index contributed by atoms with van der Waals surface area (Å²) in [6, 6.07) is 1.79. The normalized spacial score (nSPS) is 20.1. The minimum absolute atomic E-state index is 0.397. The van der Waals surface area contributed by atoms with Crippen LogP contribution in [0, 0.1) is 0 Å². The molecule has 0 spiro atoms. The Morgan fingerprint density at radius 3 is 2.71 bits per heavy atom. The van der Waals surface area contributed by atoms with Gasteiger partial charge < -0.3 is 15.2 Å². The molecule has 0 atom stereocenters. The number of likely N-dealkylation sites (N-methyl/N-ethyl adjacent to an activating group) is 1. The molecule has 2 rings (SSSR count). The minimum atomic E-state index is 0.397. The molecule has 2 N–H and O–H groups in total. The van der Waals surface area contributed by atoms with E-state index >= 15 is 0 Å². The van der Waals surface area contributed by atoms with Gasteiger partial charge in [-0.3, -0.25) is 4.90 Å². The van der Waals surface area contributed by atoms with E-state index in [1.54, 1.807) is 6.07 Å². The number of nitrogens with two attached hydrogens (primary N) is 1. The highest BCUT2D eigenvalue weighted by Crippen LogP contribution is 2.09. The van der Waals surface area contributed by atoms with Crippen LogP contribution in [0.25, 0.3) is 0 Å². The monoisotopic (exact) mass is 196 g/mol. The summed E-state index contributed by atoms with van der Waals surface area (Å²) in [7, 11) is 2.14. The summed E-state index contributed by atoms with van der Waals surface area (Å²) >= 11 is 0. The van der Waals surface area contributed by atoms with Crippen molar-refractivity contribution in [3.63, 3.8) is 0 Å². The lowest BCUT2D eigenvalue weighted by atomic mass is 10.3. The van der Waals surface area contributed by atoms with Crippen molar-refractivity contribution >= 4 is 5.88 Å². The van der Waals surface area contributed by atoms with Gasteiger partial charge in [0.1, 0.15) is 0 Å². The molecule has 5 heteroatoms. The molecule has 78 valence electrons. The molecule has 0 unspecified atom stereocenters. The van der Waals surface area contributed by atoms with Crippen molar-refractivity contribution in [3.8, 4) is 0 Å². The predicted molar refractivity (Wildman–Crippen MR) is 53.7 cm³/mol. The van der Waals surface area contributed by atoms with Gasteiger partial charge in [0.2, 0.25) is 5.88 Å². The molecule has 1 fully saturated rings. The first kappa shape index (κ1) is 9.48. The maximum Gasteiger partial charge on any atom is 0.222 e. The number of nitrogen functional groups attached to an aromatic ring is 1. The van der Waals surface area contributed by atoms with Gasteiger partial charge in [0, 0.05) is 38.8 Å². The van der Waals surface area contributed by atoms with Crippen molar-refractivity contribution in [3.05, 3.63) is 11.8 Å². The fourth-order valence-electron chi connectivity index (χ4n) is 1.64. The standard InChI is InChI=1S/C9H16N4O/c1-12-2-4-13(5-3-12)7-8-6-9(10)14-11-8/h6H,2-5,7,10H2,1H3. The Balaban J connectivity index is 1.86. The molecule has 1 aromatic heterocycles. The highest BCUT2D eigenvalue weighted by molar-refractivity contribution is 5.24. The van der Waals surface area contributed by atoms with Crippen molar-refractivity contribution in [2.75, 3.05) is 39.0 Å². The summed E-state index contributed by atoms with van der Waals surface area (Å²) in [5.41, 5.74) is 6.37. The lowest BCUT2D eigenvalue weighted by Gasteiger charge is -2.31. The molecule has 0 bridgehead atoms. The smallest absolute Gasteiger partial charge is 0.222 e. The van der Waals surface area contributed by atoms with E-state index in [1.807, 2.05) is 0 Å². The van der Waals surface area contributed by atoms with Gasteiger partial charge in [0.25, 0.3) is 0 Å². The largest absolute Gasteiger partial charge is 0.368 e. The molecular weight excluding hydrogens is 180 g/mol. The van der Waals surface area contributed by atoms with E-state index in [9.17, 15) is 0 Å². The van der Waals surface area contributed by atoms with Crippen LogP contribution >= 0.6 is 0 Å². The van der Waals surface area contributed by atoms with E-state index in [2.05, 4.69) is 22.0 Å². The SMILES string of the molecule is CN1CCN(Cc2cc(N)on2)CC1. The van der Waals surface area contributed by atoms with Crippen molar-refractivity contribution in [1.29, 1.82) is 0 Å². The third-order valence-electron chi connectivity index (χ3n) is 2.56. The zero-order valence-corrected chi connectivity index (χ0v) is 8.44. The predicted octanol–water partition coefficient (Wildman–Crippen LogP) is 0.00420. The first-order valence-corrected chi connectivity index (χ1v) is 4.86. The van der Waals surface area contributed by atoms with Gasteiger partial charge in [-0.1, -0.05) is 5.16 Å². The summed E-state index contributed by atoms with van der Waals surface area (Å²) in [5.74, 6) is 0.397. The van der Waals surface area contributed by atoms with E-state index in [0.717, 1.165) is 38.4 Å². The van der Waals surface area contributed by atoms with Gasteiger partial charge in [-0.15, -0.1) is 0 Å². The minimum Gasteiger partial charge on any atom is -0.368 e. The van der Waals surface area contributed by atoms with Crippen molar-refractivity contribution in [2.45, 2.75) is 6.54 Å². The molecule has 14 heavy (non-hydrogen) atoms. The van der Waals surface area contributed by atoms with Crippen LogP contribution < -0.4 is 5.73 Å². The Morgan fingerprint density at radius 1 is 1.43 bits per heavy atom. The van der Waals surface area contributed by atoms with Gasteiger partial charge in [0.05, 0.1) is 5.69 Å². The van der Waals surface area contributed by atoms with E-state index < -0.39 is 0 Å². The molecule has 1 aromatic rings. The first-order chi connectivity index (χ1) is 6.74. The lowest BCUT2D eigenvalue weighted by Crippen LogP contribution is -2.43. The van der Waals surface area contributed by atoms with Gasteiger partial charge in [0.15, 0.2) is 0 Å². The molecule has 0 radical (unpaired) electrons. The second kappa shape index (κ2) is 3.98. The number of hydrogen-bond acceptors (Lipinski definition) is 5. The fraction of sp³-hybridized carbons (Fsp3) is 0.667. The number of hydrogen-bond donors (Lipinski definition) is 1. The van der Waals surface area contributed by atoms with E-state index in [-0.39, 0.29) is 0 Å². The van der Waals surface area contributed by atoms with E-state index in [0.29, 0.717) is 5.88 Å². The van der Waals surface area contributed by atoms with Crippen LogP contribution in [0.5, 0.6) is 0 Å². The topological polar surface area (TPSA) is 58.5 Å². The second-order valence-corrected chi connectivity index (χ2v) is 3.80. The number of nitrogens with zero attached hydrogens (tertiary/aromatic N) is 3. The van der Waals surface area contributed by atoms with E-state index in [4.69, 9.17) is 10.3 Å². The van der Waals surface area contributed by atoms with E-state index in [1.165, 1.54) is 0 Å². The van der Waals surface area contributed by atoms with Crippen LogP contribution in [0.2, 0.25) is 0 Å². The first-order valence-electron chi connectivity index (χ1n) is 4.86. The highest BCUT2D eigenvalue weighted by Gasteiger charge is 2.15. The summed E-state index contributed by atoms with van der Waals surface area (Å²) < 4.78 is 4.82. The molecule has 5 nitrogen and oxygen atoms in total. The zero-order chi connectivity index (χ0) is 9.97. The molecular formula is C9H16N4O. The quantitative estimate of drug-likeness (QED) is 0.721. The summed E-state index contributed by atoms with van der Waals surface area (Å²) in [6.07, 6.45) is 0. The number of anilines is 1. The maximum absolute atomic E-state index is 5.45. The van der Waals surface area contributed by atoms with Crippen LogP contribution in [0.15, 0.2) is 10.6 Å². The average molecular weight is 196 g/mol. The lowest BCUT2D eigenvalue weighted by molar-refractivity contribution is 0.145. The van der Waals surface area contributed by atoms with Crippen molar-refractivity contribution in [1.82, 2.24) is 15.0 Å². The number of piperazine rings is 1. The summed E-state index contributed by atoms with van der Waals surface area (Å²) in [6.45, 7) is 5.25. The molecule has 0 saturated carbocycles. The highest BCUT2D eigenvalue weighted by atomic mass is 16.5. The van der Waals surface area contributed by atoms with Crippen LogP contribution in [0.1, 0.15) is 5.69 Å². The van der Waals surface area contributed by atoms with Crippen LogP contribution in [-0.2, 0) is 6.54 Å². The Bertz CT molecular complexity index is 291. The van der Waals surface area contributed by atoms with Crippen LogP contribution in [0.4, 0.5) is 5.88 Å². The zero-order valence-electron chi connectivity index (χ0n) is 8.44. The third-order valence-corrected chi connectivity index (χ3v) is 2.56. The van der Waals surface area contributed by atoms with Gasteiger partial charge in [-0.2, -0.15) is 0 Å². The molecule has 1 saturated heterocycles. The van der Waals surface area contributed by atoms with Crippen LogP contribution in [-0.4, -0.2) is 48.2 Å². The average Bonchev–Trinajstić information content (AvgIpc) is 2.56. The Kier molecular flexibility index (Phi) is 2.69. The summed E-state index contributed by atoms with van der Waals surface area (Å²) in [4.78, 5) is 4.69.